The Balaban J connectivity index is 2.97. The molecule has 1 rings (SSSR count). The first kappa shape index (κ1) is 16.9. The largest absolute Gasteiger partial charge is 0.395 e. The van der Waals surface area contributed by atoms with Crippen LogP contribution in [0.2, 0.25) is 0 Å². The summed E-state index contributed by atoms with van der Waals surface area (Å²) in [5.74, 6) is -0.266. The number of nitrogens with zero attached hydrogens (tertiary/aromatic N) is 1. The van der Waals surface area contributed by atoms with Gasteiger partial charge < -0.3 is 20.1 Å². The fourth-order valence-corrected chi connectivity index (χ4v) is 2.03. The van der Waals surface area contributed by atoms with Crippen LogP contribution < -0.4 is 10.2 Å². The molecule has 1 aromatic rings. The monoisotopic (exact) mass is 284 g/mol. The Kier molecular flexibility index (Phi) is 7.51. The smallest absolute Gasteiger partial charge is 0.146 e. The summed E-state index contributed by atoms with van der Waals surface area (Å²) in [4.78, 5) is 1.83. The zero-order chi connectivity index (χ0) is 15.0. The highest BCUT2D eigenvalue weighted by Gasteiger charge is 2.15. The minimum Gasteiger partial charge on any atom is -0.395 e. The number of aliphatic hydroxyl groups excluding tert-OH is 1. The van der Waals surface area contributed by atoms with E-state index in [-0.39, 0.29) is 12.4 Å². The molecule has 0 atom stereocenters. The third-order valence-electron chi connectivity index (χ3n) is 3.02. The number of rotatable bonds is 9. The predicted molar refractivity (Wildman–Crippen MR) is 79.6 cm³/mol. The van der Waals surface area contributed by atoms with Crippen LogP contribution in [0.1, 0.15) is 19.4 Å². The van der Waals surface area contributed by atoms with E-state index < -0.39 is 0 Å². The Labute approximate surface area is 120 Å². The molecule has 0 fully saturated rings. The van der Waals surface area contributed by atoms with Crippen LogP contribution in [-0.4, -0.2) is 44.6 Å². The number of anilines is 1. The van der Waals surface area contributed by atoms with Gasteiger partial charge in [-0.25, -0.2) is 4.39 Å². The van der Waals surface area contributed by atoms with Gasteiger partial charge in [0.2, 0.25) is 0 Å². The Bertz CT molecular complexity index is 399. The number of hydrogen-bond acceptors (Lipinski definition) is 4. The zero-order valence-corrected chi connectivity index (χ0v) is 12.5. The summed E-state index contributed by atoms with van der Waals surface area (Å²) in [7, 11) is 1.61. The topological polar surface area (TPSA) is 44.7 Å². The summed E-state index contributed by atoms with van der Waals surface area (Å²) in [6.07, 6.45) is 0. The van der Waals surface area contributed by atoms with Crippen LogP contribution >= 0.6 is 0 Å². The fourth-order valence-electron chi connectivity index (χ4n) is 2.03. The molecule has 2 N–H and O–H groups in total. The second-order valence-electron chi connectivity index (χ2n) is 4.99. The first-order chi connectivity index (χ1) is 9.60. The predicted octanol–water partition coefficient (Wildman–Crippen LogP) is 1.77. The molecule has 0 spiro atoms. The lowest BCUT2D eigenvalue weighted by molar-refractivity contribution is 0.202. The molecule has 5 heteroatoms. The highest BCUT2D eigenvalue weighted by molar-refractivity contribution is 5.55. The molecule has 0 aliphatic heterocycles. The molecular weight excluding hydrogens is 259 g/mol. The Hall–Kier alpha value is -1.17. The van der Waals surface area contributed by atoms with E-state index in [0.717, 1.165) is 5.56 Å². The van der Waals surface area contributed by atoms with Gasteiger partial charge in [-0.1, -0.05) is 26.0 Å². The second-order valence-corrected chi connectivity index (χ2v) is 4.99. The van der Waals surface area contributed by atoms with Gasteiger partial charge >= 0.3 is 0 Å². The molecule has 0 aliphatic rings. The van der Waals surface area contributed by atoms with Crippen LogP contribution in [0.15, 0.2) is 18.2 Å². The average Bonchev–Trinajstić information content (AvgIpc) is 2.41. The molecule has 20 heavy (non-hydrogen) atoms. The third-order valence-corrected chi connectivity index (χ3v) is 3.02. The number of ether oxygens (including phenoxy) is 1. The number of methoxy groups -OCH3 is 1. The van der Waals surface area contributed by atoms with Crippen molar-refractivity contribution in [3.05, 3.63) is 29.6 Å². The summed E-state index contributed by atoms with van der Waals surface area (Å²) in [6, 6.07) is 5.40. The van der Waals surface area contributed by atoms with Gasteiger partial charge in [0.15, 0.2) is 0 Å². The maximum Gasteiger partial charge on any atom is 0.146 e. The highest BCUT2D eigenvalue weighted by atomic mass is 19.1. The van der Waals surface area contributed by atoms with E-state index in [4.69, 9.17) is 4.74 Å². The number of para-hydroxylation sites is 1. The minimum atomic E-state index is -0.266. The molecule has 0 aromatic heterocycles. The molecule has 0 bridgehead atoms. The molecule has 0 aliphatic carbocycles. The molecule has 0 unspecified atom stereocenters. The third kappa shape index (κ3) is 5.07. The van der Waals surface area contributed by atoms with Crippen LogP contribution in [0.3, 0.4) is 0 Å². The molecular formula is C15H25FN2O2. The first-order valence-corrected chi connectivity index (χ1v) is 6.95. The van der Waals surface area contributed by atoms with Gasteiger partial charge in [-0.05, 0) is 11.6 Å². The number of nitrogens with one attached hydrogen (secondary N) is 1. The molecule has 4 nitrogen and oxygen atoms in total. The molecule has 0 radical (unpaired) electrons. The quantitative estimate of drug-likeness (QED) is 0.725. The summed E-state index contributed by atoms with van der Waals surface area (Å²) in [6.45, 7) is 6.11. The SMILES string of the molecule is COCCN(CCO)c1c(F)cccc1CNC(C)C. The average molecular weight is 284 g/mol. The van der Waals surface area contributed by atoms with Crippen molar-refractivity contribution in [2.24, 2.45) is 0 Å². The van der Waals surface area contributed by atoms with Gasteiger partial charge in [-0.3, -0.25) is 0 Å². The van der Waals surface area contributed by atoms with Crippen molar-refractivity contribution in [1.29, 1.82) is 0 Å². The van der Waals surface area contributed by atoms with E-state index in [9.17, 15) is 9.50 Å². The Morgan fingerprint density at radius 2 is 2.10 bits per heavy atom. The lowest BCUT2D eigenvalue weighted by Gasteiger charge is -2.27. The summed E-state index contributed by atoms with van der Waals surface area (Å²) in [5, 5.41) is 12.5. The van der Waals surface area contributed by atoms with Crippen LogP contribution in [0, 0.1) is 5.82 Å². The van der Waals surface area contributed by atoms with Crippen LogP contribution in [0.5, 0.6) is 0 Å². The van der Waals surface area contributed by atoms with Gasteiger partial charge in [0.25, 0.3) is 0 Å². The zero-order valence-electron chi connectivity index (χ0n) is 12.5. The van der Waals surface area contributed by atoms with Crippen molar-refractivity contribution in [1.82, 2.24) is 5.32 Å². The van der Waals surface area contributed by atoms with E-state index in [0.29, 0.717) is 38.0 Å². The molecule has 0 saturated heterocycles. The van der Waals surface area contributed by atoms with E-state index >= 15 is 0 Å². The standard InChI is InChI=1S/C15H25FN2O2/c1-12(2)17-11-13-5-4-6-14(16)15(13)18(7-9-19)8-10-20-3/h4-6,12,17,19H,7-11H2,1-3H3. The number of benzene rings is 1. The van der Waals surface area contributed by atoms with Gasteiger partial charge in [0, 0.05) is 32.8 Å². The number of hydrogen-bond donors (Lipinski definition) is 2. The Morgan fingerprint density at radius 1 is 1.35 bits per heavy atom. The van der Waals surface area contributed by atoms with Gasteiger partial charge in [0.1, 0.15) is 5.82 Å². The van der Waals surface area contributed by atoms with Crippen molar-refractivity contribution >= 4 is 5.69 Å². The molecule has 0 saturated carbocycles. The van der Waals surface area contributed by atoms with Crippen molar-refractivity contribution in [2.75, 3.05) is 38.3 Å². The summed E-state index contributed by atoms with van der Waals surface area (Å²) < 4.78 is 19.2. The first-order valence-electron chi connectivity index (χ1n) is 6.95. The summed E-state index contributed by atoms with van der Waals surface area (Å²) >= 11 is 0. The molecule has 114 valence electrons. The van der Waals surface area contributed by atoms with Gasteiger partial charge in [0.05, 0.1) is 18.9 Å². The van der Waals surface area contributed by atoms with Crippen LogP contribution in [0.25, 0.3) is 0 Å². The van der Waals surface area contributed by atoms with Crippen molar-refractivity contribution in [3.63, 3.8) is 0 Å². The molecule has 0 amide bonds. The minimum absolute atomic E-state index is 0.0188. The van der Waals surface area contributed by atoms with Crippen molar-refractivity contribution < 1.29 is 14.2 Å². The normalized spacial score (nSPS) is 11.1. The van der Waals surface area contributed by atoms with E-state index in [1.807, 2.05) is 11.0 Å². The van der Waals surface area contributed by atoms with Crippen molar-refractivity contribution in [3.8, 4) is 0 Å². The number of halogens is 1. The van der Waals surface area contributed by atoms with E-state index in [1.165, 1.54) is 6.07 Å². The van der Waals surface area contributed by atoms with Crippen LogP contribution in [0.4, 0.5) is 10.1 Å². The van der Waals surface area contributed by atoms with Crippen molar-refractivity contribution in [2.45, 2.75) is 26.4 Å². The Morgan fingerprint density at radius 3 is 2.70 bits per heavy atom. The molecule has 1 aromatic carbocycles. The van der Waals surface area contributed by atoms with Crippen LogP contribution in [-0.2, 0) is 11.3 Å². The number of aliphatic hydroxyl groups is 1. The van der Waals surface area contributed by atoms with E-state index in [2.05, 4.69) is 19.2 Å². The second kappa shape index (κ2) is 8.89. The fraction of sp³-hybridized carbons (Fsp3) is 0.600. The lowest BCUT2D eigenvalue weighted by Crippen LogP contribution is -2.33. The lowest BCUT2D eigenvalue weighted by atomic mass is 10.1. The highest BCUT2D eigenvalue weighted by Crippen LogP contribution is 2.24. The maximum absolute atomic E-state index is 14.2. The van der Waals surface area contributed by atoms with Gasteiger partial charge in [-0.15, -0.1) is 0 Å². The summed E-state index contributed by atoms with van der Waals surface area (Å²) in [5.41, 5.74) is 1.44. The maximum atomic E-state index is 14.2. The van der Waals surface area contributed by atoms with Gasteiger partial charge in [-0.2, -0.15) is 0 Å². The molecule has 0 heterocycles. The van der Waals surface area contributed by atoms with E-state index in [1.54, 1.807) is 13.2 Å².